The van der Waals surface area contributed by atoms with Gasteiger partial charge in [-0.25, -0.2) is 13.1 Å². The maximum absolute atomic E-state index is 12.2. The summed E-state index contributed by atoms with van der Waals surface area (Å²) in [6.45, 7) is 6.92. The normalized spacial score (nSPS) is 17.5. The number of nitrogens with zero attached hydrogens (tertiary/aromatic N) is 2. The Morgan fingerprint density at radius 1 is 1.25 bits per heavy atom. The Labute approximate surface area is 120 Å². The molecule has 20 heavy (non-hydrogen) atoms. The van der Waals surface area contributed by atoms with E-state index in [-0.39, 0.29) is 4.90 Å². The van der Waals surface area contributed by atoms with Crippen LogP contribution in [0.15, 0.2) is 9.42 Å². The second kappa shape index (κ2) is 6.69. The molecule has 0 bridgehead atoms. The van der Waals surface area contributed by atoms with Crippen LogP contribution in [0.4, 0.5) is 0 Å². The fourth-order valence-electron chi connectivity index (χ4n) is 2.62. The van der Waals surface area contributed by atoms with Crippen LogP contribution in [-0.4, -0.2) is 44.7 Å². The molecule has 1 saturated heterocycles. The van der Waals surface area contributed by atoms with Gasteiger partial charge in [0, 0.05) is 6.54 Å². The maximum Gasteiger partial charge on any atom is 0.245 e. The third kappa shape index (κ3) is 3.80. The average molecular weight is 301 g/mol. The van der Waals surface area contributed by atoms with Crippen molar-refractivity contribution in [2.24, 2.45) is 0 Å². The van der Waals surface area contributed by atoms with Crippen LogP contribution in [-0.2, 0) is 10.0 Å². The summed E-state index contributed by atoms with van der Waals surface area (Å²) in [5.74, 6) is 0.339. The first-order valence-corrected chi connectivity index (χ1v) is 8.64. The van der Waals surface area contributed by atoms with Crippen molar-refractivity contribution >= 4 is 10.0 Å². The number of aryl methyl sites for hydroxylation is 2. The number of hydrogen-bond acceptors (Lipinski definition) is 5. The Bertz CT molecular complexity index is 514. The first-order valence-electron chi connectivity index (χ1n) is 7.15. The molecule has 0 amide bonds. The summed E-state index contributed by atoms with van der Waals surface area (Å²) in [6, 6.07) is 0. The van der Waals surface area contributed by atoms with Crippen LogP contribution in [0.25, 0.3) is 0 Å². The van der Waals surface area contributed by atoms with E-state index >= 15 is 0 Å². The van der Waals surface area contributed by atoms with Crippen molar-refractivity contribution in [2.45, 2.75) is 44.4 Å². The van der Waals surface area contributed by atoms with Crippen molar-refractivity contribution in [1.82, 2.24) is 14.8 Å². The van der Waals surface area contributed by atoms with Gasteiger partial charge < -0.3 is 9.42 Å². The summed E-state index contributed by atoms with van der Waals surface area (Å²) >= 11 is 0. The van der Waals surface area contributed by atoms with Gasteiger partial charge >= 0.3 is 0 Å². The van der Waals surface area contributed by atoms with Gasteiger partial charge in [0.15, 0.2) is 5.76 Å². The van der Waals surface area contributed by atoms with E-state index < -0.39 is 10.0 Å². The first kappa shape index (κ1) is 15.5. The zero-order chi connectivity index (χ0) is 14.6. The van der Waals surface area contributed by atoms with Crippen molar-refractivity contribution in [1.29, 1.82) is 0 Å². The summed E-state index contributed by atoms with van der Waals surface area (Å²) in [5.41, 5.74) is 0.408. The minimum atomic E-state index is -3.51. The Hall–Kier alpha value is -0.920. The van der Waals surface area contributed by atoms with E-state index in [0.717, 1.165) is 26.1 Å². The molecule has 0 aromatic carbocycles. The molecule has 114 valence electrons. The highest BCUT2D eigenvalue weighted by Gasteiger charge is 2.23. The molecule has 0 spiro atoms. The molecule has 1 aromatic heterocycles. The molecular formula is C13H23N3O3S. The smallest absolute Gasteiger partial charge is 0.245 e. The van der Waals surface area contributed by atoms with Crippen molar-refractivity contribution in [2.75, 3.05) is 26.2 Å². The molecule has 0 aliphatic carbocycles. The molecule has 0 unspecified atom stereocenters. The second-order valence-corrected chi connectivity index (χ2v) is 7.01. The highest BCUT2D eigenvalue weighted by atomic mass is 32.2. The van der Waals surface area contributed by atoms with Crippen molar-refractivity contribution in [3.8, 4) is 0 Å². The van der Waals surface area contributed by atoms with E-state index in [1.165, 1.54) is 19.3 Å². The Balaban J connectivity index is 1.81. The molecule has 1 aliphatic rings. The number of aromatic nitrogens is 1. The fourth-order valence-corrected chi connectivity index (χ4v) is 4.02. The average Bonchev–Trinajstić information content (AvgIpc) is 2.76. The van der Waals surface area contributed by atoms with Crippen LogP contribution in [0.3, 0.4) is 0 Å². The van der Waals surface area contributed by atoms with Crippen LogP contribution in [0.2, 0.25) is 0 Å². The molecule has 7 heteroatoms. The van der Waals surface area contributed by atoms with E-state index in [4.69, 9.17) is 4.52 Å². The maximum atomic E-state index is 12.2. The molecule has 2 rings (SSSR count). The number of sulfonamides is 1. The molecule has 2 heterocycles. The van der Waals surface area contributed by atoms with Crippen molar-refractivity contribution in [3.63, 3.8) is 0 Å². The lowest BCUT2D eigenvalue weighted by molar-refractivity contribution is 0.227. The minimum absolute atomic E-state index is 0.176. The number of rotatable bonds is 6. The van der Waals surface area contributed by atoms with Crippen molar-refractivity contribution in [3.05, 3.63) is 11.5 Å². The predicted molar refractivity (Wildman–Crippen MR) is 76.1 cm³/mol. The van der Waals surface area contributed by atoms with Crippen LogP contribution in [0.5, 0.6) is 0 Å². The first-order chi connectivity index (χ1) is 9.50. The summed E-state index contributed by atoms with van der Waals surface area (Å²) in [5, 5.41) is 3.68. The Morgan fingerprint density at radius 2 is 1.95 bits per heavy atom. The number of hydrogen-bond donors (Lipinski definition) is 1. The zero-order valence-corrected chi connectivity index (χ0v) is 13.0. The molecule has 1 N–H and O–H groups in total. The predicted octanol–water partition coefficient (Wildman–Crippen LogP) is 1.45. The molecular weight excluding hydrogens is 278 g/mol. The third-order valence-corrected chi connectivity index (χ3v) is 5.33. The SMILES string of the molecule is Cc1noc(C)c1S(=O)(=O)NCCCN1CCCCC1. The quantitative estimate of drug-likeness (QED) is 0.805. The highest BCUT2D eigenvalue weighted by Crippen LogP contribution is 2.18. The van der Waals surface area contributed by atoms with Gasteiger partial charge in [-0.05, 0) is 52.7 Å². The molecule has 1 fully saturated rings. The van der Waals surface area contributed by atoms with Crippen LogP contribution in [0, 0.1) is 13.8 Å². The van der Waals surface area contributed by atoms with Crippen molar-refractivity contribution < 1.29 is 12.9 Å². The molecule has 1 aliphatic heterocycles. The van der Waals surface area contributed by atoms with Crippen LogP contribution in [0.1, 0.15) is 37.1 Å². The van der Waals surface area contributed by atoms with Gasteiger partial charge in [-0.15, -0.1) is 0 Å². The van der Waals surface area contributed by atoms with E-state index in [1.54, 1.807) is 13.8 Å². The lowest BCUT2D eigenvalue weighted by Crippen LogP contribution is -2.33. The fraction of sp³-hybridized carbons (Fsp3) is 0.769. The van der Waals surface area contributed by atoms with E-state index in [1.807, 2.05) is 0 Å². The van der Waals surface area contributed by atoms with E-state index in [2.05, 4.69) is 14.8 Å². The number of piperidine rings is 1. The standard InChI is InChI=1S/C13H23N3O3S/c1-11-13(12(2)19-15-11)20(17,18)14-7-6-10-16-8-4-3-5-9-16/h14H,3-10H2,1-2H3. The third-order valence-electron chi connectivity index (χ3n) is 3.63. The summed E-state index contributed by atoms with van der Waals surface area (Å²) in [6.07, 6.45) is 4.65. The summed E-state index contributed by atoms with van der Waals surface area (Å²) in [4.78, 5) is 2.57. The Morgan fingerprint density at radius 3 is 2.55 bits per heavy atom. The van der Waals surface area contributed by atoms with Gasteiger partial charge in [0.1, 0.15) is 10.6 Å². The van der Waals surface area contributed by atoms with E-state index in [0.29, 0.717) is 18.0 Å². The van der Waals surface area contributed by atoms with Gasteiger partial charge in [-0.1, -0.05) is 11.6 Å². The minimum Gasteiger partial charge on any atom is -0.360 e. The Kier molecular flexibility index (Phi) is 5.17. The summed E-state index contributed by atoms with van der Waals surface area (Å²) in [7, 11) is -3.51. The lowest BCUT2D eigenvalue weighted by Gasteiger charge is -2.26. The lowest BCUT2D eigenvalue weighted by atomic mass is 10.1. The van der Waals surface area contributed by atoms with Crippen LogP contribution >= 0.6 is 0 Å². The largest absolute Gasteiger partial charge is 0.360 e. The van der Waals surface area contributed by atoms with E-state index in [9.17, 15) is 8.42 Å². The number of nitrogens with one attached hydrogen (secondary N) is 1. The zero-order valence-electron chi connectivity index (χ0n) is 12.2. The van der Waals surface area contributed by atoms with Gasteiger partial charge in [0.05, 0.1) is 0 Å². The molecule has 6 nitrogen and oxygen atoms in total. The van der Waals surface area contributed by atoms with Gasteiger partial charge in [-0.2, -0.15) is 0 Å². The van der Waals surface area contributed by atoms with Gasteiger partial charge in [-0.3, -0.25) is 0 Å². The monoisotopic (exact) mass is 301 g/mol. The molecule has 1 aromatic rings. The highest BCUT2D eigenvalue weighted by molar-refractivity contribution is 7.89. The summed E-state index contributed by atoms with van der Waals surface area (Å²) < 4.78 is 31.9. The topological polar surface area (TPSA) is 75.4 Å². The molecule has 0 saturated carbocycles. The number of likely N-dealkylation sites (tertiary alicyclic amines) is 1. The molecule has 0 radical (unpaired) electrons. The molecule has 0 atom stereocenters. The van der Waals surface area contributed by atoms with Gasteiger partial charge in [0.25, 0.3) is 0 Å². The second-order valence-electron chi connectivity index (χ2n) is 5.31. The van der Waals surface area contributed by atoms with Gasteiger partial charge in [0.2, 0.25) is 10.0 Å². The van der Waals surface area contributed by atoms with Crippen LogP contribution < -0.4 is 4.72 Å².